The first-order valence-electron chi connectivity index (χ1n) is 8.21. The van der Waals surface area contributed by atoms with E-state index in [0.29, 0.717) is 25.2 Å². The first-order chi connectivity index (χ1) is 12.1. The molecule has 0 fully saturated rings. The van der Waals surface area contributed by atoms with Crippen LogP contribution in [0, 0.1) is 5.92 Å². The zero-order valence-corrected chi connectivity index (χ0v) is 14.0. The summed E-state index contributed by atoms with van der Waals surface area (Å²) >= 11 is 0. The summed E-state index contributed by atoms with van der Waals surface area (Å²) in [7, 11) is 0. The SMILES string of the molecule is C[C@H](CNC(=O)NCCn1c(=O)oc2ccccc21)Cn1cccn1. The summed E-state index contributed by atoms with van der Waals surface area (Å²) in [5, 5.41) is 9.72. The van der Waals surface area contributed by atoms with Crippen LogP contribution >= 0.6 is 0 Å². The Morgan fingerprint density at radius 1 is 1.28 bits per heavy atom. The van der Waals surface area contributed by atoms with Crippen molar-refractivity contribution in [2.75, 3.05) is 13.1 Å². The maximum absolute atomic E-state index is 11.9. The van der Waals surface area contributed by atoms with Gasteiger partial charge in [-0.1, -0.05) is 19.1 Å². The molecule has 0 aliphatic carbocycles. The third kappa shape index (κ3) is 4.28. The fourth-order valence-electron chi connectivity index (χ4n) is 2.63. The number of carbonyl (C=O) groups excluding carboxylic acids is 1. The van der Waals surface area contributed by atoms with Crippen LogP contribution in [0.15, 0.2) is 51.9 Å². The Bertz CT molecular complexity index is 881. The maximum atomic E-state index is 11.9. The van der Waals surface area contributed by atoms with E-state index in [2.05, 4.69) is 15.7 Å². The van der Waals surface area contributed by atoms with Gasteiger partial charge in [0.25, 0.3) is 0 Å². The summed E-state index contributed by atoms with van der Waals surface area (Å²) in [6, 6.07) is 8.83. The number of hydrogen-bond donors (Lipinski definition) is 2. The number of amides is 2. The van der Waals surface area contributed by atoms with Crippen molar-refractivity contribution in [2.45, 2.75) is 20.0 Å². The van der Waals surface area contributed by atoms with E-state index in [0.717, 1.165) is 12.1 Å². The van der Waals surface area contributed by atoms with Crippen molar-refractivity contribution in [2.24, 2.45) is 5.92 Å². The zero-order chi connectivity index (χ0) is 17.6. The van der Waals surface area contributed by atoms with Crippen molar-refractivity contribution >= 4 is 17.1 Å². The maximum Gasteiger partial charge on any atom is 0.420 e. The molecule has 2 amide bonds. The smallest absolute Gasteiger partial charge is 0.408 e. The number of oxazole rings is 1. The van der Waals surface area contributed by atoms with E-state index in [-0.39, 0.29) is 11.9 Å². The Hall–Kier alpha value is -3.03. The van der Waals surface area contributed by atoms with Gasteiger partial charge in [0.2, 0.25) is 0 Å². The lowest BCUT2D eigenvalue weighted by Crippen LogP contribution is -2.40. The molecule has 1 aromatic carbocycles. The van der Waals surface area contributed by atoms with E-state index in [1.807, 2.05) is 42.1 Å². The minimum Gasteiger partial charge on any atom is -0.408 e. The number of nitrogens with one attached hydrogen (secondary N) is 2. The van der Waals surface area contributed by atoms with E-state index in [1.165, 1.54) is 4.57 Å². The molecule has 0 spiro atoms. The van der Waals surface area contributed by atoms with Crippen LogP contribution in [0.5, 0.6) is 0 Å². The zero-order valence-electron chi connectivity index (χ0n) is 14.0. The number of fused-ring (bicyclic) bond motifs is 1. The van der Waals surface area contributed by atoms with Gasteiger partial charge in [0, 0.05) is 38.6 Å². The van der Waals surface area contributed by atoms with Crippen LogP contribution in [0.3, 0.4) is 0 Å². The fraction of sp³-hybridized carbons (Fsp3) is 0.353. The van der Waals surface area contributed by atoms with Gasteiger partial charge in [0.15, 0.2) is 5.58 Å². The Balaban J connectivity index is 1.43. The minimum absolute atomic E-state index is 0.256. The Labute approximate surface area is 144 Å². The van der Waals surface area contributed by atoms with Crippen LogP contribution in [0.25, 0.3) is 11.1 Å². The number of rotatable bonds is 7. The average molecular weight is 343 g/mol. The van der Waals surface area contributed by atoms with E-state index in [1.54, 1.807) is 12.3 Å². The van der Waals surface area contributed by atoms with Crippen molar-refractivity contribution in [3.63, 3.8) is 0 Å². The average Bonchev–Trinajstić information content (AvgIpc) is 3.21. The van der Waals surface area contributed by atoms with Gasteiger partial charge in [-0.3, -0.25) is 9.25 Å². The van der Waals surface area contributed by atoms with Crippen LogP contribution < -0.4 is 16.4 Å². The monoisotopic (exact) mass is 343 g/mol. The number of aromatic nitrogens is 3. The molecule has 2 N–H and O–H groups in total. The highest BCUT2D eigenvalue weighted by Crippen LogP contribution is 2.10. The van der Waals surface area contributed by atoms with Gasteiger partial charge in [-0.2, -0.15) is 5.10 Å². The van der Waals surface area contributed by atoms with Crippen LogP contribution in [0.1, 0.15) is 6.92 Å². The van der Waals surface area contributed by atoms with E-state index in [9.17, 15) is 9.59 Å². The van der Waals surface area contributed by atoms with Crippen LogP contribution in [0.4, 0.5) is 4.79 Å². The predicted octanol–water partition coefficient (Wildman–Crippen LogP) is 1.43. The highest BCUT2D eigenvalue weighted by molar-refractivity contribution is 5.74. The molecule has 0 bridgehead atoms. The van der Waals surface area contributed by atoms with Crippen molar-refractivity contribution < 1.29 is 9.21 Å². The number of carbonyl (C=O) groups is 1. The number of nitrogens with zero attached hydrogens (tertiary/aromatic N) is 3. The van der Waals surface area contributed by atoms with Gasteiger partial charge < -0.3 is 15.1 Å². The predicted molar refractivity (Wildman–Crippen MR) is 93.3 cm³/mol. The largest absolute Gasteiger partial charge is 0.420 e. The molecule has 2 aromatic heterocycles. The Morgan fingerprint density at radius 3 is 2.92 bits per heavy atom. The third-order valence-electron chi connectivity index (χ3n) is 3.86. The quantitative estimate of drug-likeness (QED) is 0.678. The standard InChI is InChI=1S/C17H21N5O3/c1-13(12-21-9-4-7-20-21)11-19-16(23)18-8-10-22-14-5-2-3-6-15(14)25-17(22)24/h2-7,9,13H,8,10-12H2,1H3,(H2,18,19,23)/t13-/m1/s1. The summed E-state index contributed by atoms with van der Waals surface area (Å²) in [6.45, 7) is 4.01. The second kappa shape index (κ2) is 7.69. The summed E-state index contributed by atoms with van der Waals surface area (Å²) in [6.07, 6.45) is 3.62. The molecule has 0 saturated carbocycles. The molecular weight excluding hydrogens is 322 g/mol. The van der Waals surface area contributed by atoms with Gasteiger partial charge in [-0.25, -0.2) is 9.59 Å². The van der Waals surface area contributed by atoms with Gasteiger partial charge in [-0.15, -0.1) is 0 Å². The lowest BCUT2D eigenvalue weighted by atomic mass is 10.2. The summed E-state index contributed by atoms with van der Waals surface area (Å²) in [4.78, 5) is 23.7. The fourth-order valence-corrected chi connectivity index (χ4v) is 2.63. The molecule has 8 nitrogen and oxygen atoms in total. The molecule has 0 aliphatic heterocycles. The molecule has 0 unspecified atom stereocenters. The van der Waals surface area contributed by atoms with Gasteiger partial charge in [0.1, 0.15) is 0 Å². The van der Waals surface area contributed by atoms with E-state index in [4.69, 9.17) is 4.42 Å². The molecule has 0 saturated heterocycles. The summed E-state index contributed by atoms with van der Waals surface area (Å²) in [5.74, 6) is -0.165. The van der Waals surface area contributed by atoms with Gasteiger partial charge >= 0.3 is 11.8 Å². The molecule has 132 valence electrons. The second-order valence-corrected chi connectivity index (χ2v) is 5.96. The molecule has 3 aromatic rings. The second-order valence-electron chi connectivity index (χ2n) is 5.96. The number of urea groups is 1. The van der Waals surface area contributed by atoms with Crippen molar-refractivity contribution in [3.8, 4) is 0 Å². The van der Waals surface area contributed by atoms with E-state index < -0.39 is 5.76 Å². The molecule has 2 heterocycles. The van der Waals surface area contributed by atoms with Gasteiger partial charge in [-0.05, 0) is 24.1 Å². The van der Waals surface area contributed by atoms with Gasteiger partial charge in [0.05, 0.1) is 5.52 Å². The van der Waals surface area contributed by atoms with Crippen LogP contribution in [-0.4, -0.2) is 33.5 Å². The number of benzene rings is 1. The third-order valence-corrected chi connectivity index (χ3v) is 3.86. The summed E-state index contributed by atoms with van der Waals surface area (Å²) in [5.41, 5.74) is 1.27. The molecular formula is C17H21N5O3. The van der Waals surface area contributed by atoms with Crippen molar-refractivity contribution in [1.29, 1.82) is 0 Å². The lowest BCUT2D eigenvalue weighted by molar-refractivity contribution is 0.238. The topological polar surface area (TPSA) is 94.1 Å². The normalized spacial score (nSPS) is 12.2. The first kappa shape index (κ1) is 16.8. The minimum atomic E-state index is -0.420. The summed E-state index contributed by atoms with van der Waals surface area (Å²) < 4.78 is 8.50. The Morgan fingerprint density at radius 2 is 2.12 bits per heavy atom. The van der Waals surface area contributed by atoms with Crippen molar-refractivity contribution in [3.05, 3.63) is 53.3 Å². The number of para-hydroxylation sites is 2. The lowest BCUT2D eigenvalue weighted by Gasteiger charge is -2.13. The number of hydrogen-bond acceptors (Lipinski definition) is 4. The van der Waals surface area contributed by atoms with Crippen LogP contribution in [-0.2, 0) is 13.1 Å². The van der Waals surface area contributed by atoms with E-state index >= 15 is 0 Å². The molecule has 3 rings (SSSR count). The molecule has 8 heteroatoms. The molecule has 1 atom stereocenters. The molecule has 25 heavy (non-hydrogen) atoms. The highest BCUT2D eigenvalue weighted by Gasteiger charge is 2.09. The molecule has 0 radical (unpaired) electrons. The Kier molecular flexibility index (Phi) is 5.17. The first-order valence-corrected chi connectivity index (χ1v) is 8.21. The highest BCUT2D eigenvalue weighted by atomic mass is 16.4. The van der Waals surface area contributed by atoms with Crippen molar-refractivity contribution in [1.82, 2.24) is 25.0 Å². The van der Waals surface area contributed by atoms with Crippen LogP contribution in [0.2, 0.25) is 0 Å². The molecule has 0 aliphatic rings.